The third-order valence-corrected chi connectivity index (χ3v) is 5.70. The third-order valence-electron chi connectivity index (χ3n) is 5.48. The van der Waals surface area contributed by atoms with Gasteiger partial charge in [-0.2, -0.15) is 0 Å². The minimum atomic E-state index is -0.178. The number of amides is 2. The van der Waals surface area contributed by atoms with E-state index >= 15 is 0 Å². The van der Waals surface area contributed by atoms with Gasteiger partial charge in [0.15, 0.2) is 5.75 Å². The maximum Gasteiger partial charge on any atom is 0.255 e. The molecule has 3 fully saturated rings. The number of nitrogens with zero attached hydrogens (tertiary/aromatic N) is 2. The number of hydrogen-bond acceptors (Lipinski definition) is 4. The highest BCUT2D eigenvalue weighted by atomic mass is 35.5. The summed E-state index contributed by atoms with van der Waals surface area (Å²) < 4.78 is 5.74. The molecule has 0 spiro atoms. The first-order valence-corrected chi connectivity index (χ1v) is 9.18. The van der Waals surface area contributed by atoms with E-state index in [0.717, 1.165) is 32.5 Å². The van der Waals surface area contributed by atoms with E-state index in [9.17, 15) is 9.59 Å². The molecular weight excluding hydrogens is 377 g/mol. The van der Waals surface area contributed by atoms with Gasteiger partial charge >= 0.3 is 0 Å². The first kappa shape index (κ1) is 19.3. The highest BCUT2D eigenvalue weighted by molar-refractivity contribution is 6.31. The van der Waals surface area contributed by atoms with Crippen LogP contribution in [0.1, 0.15) is 30.1 Å². The molecule has 0 radical (unpaired) electrons. The number of ether oxygens (including phenoxy) is 1. The molecule has 2 bridgehead atoms. The molecule has 5 rings (SSSR count). The lowest BCUT2D eigenvalue weighted by Gasteiger charge is -2.45. The predicted molar refractivity (Wildman–Crippen MR) is 103 cm³/mol. The van der Waals surface area contributed by atoms with Crippen LogP contribution in [0.3, 0.4) is 0 Å². The number of carbonyl (C=O) groups is 2. The van der Waals surface area contributed by atoms with Crippen molar-refractivity contribution < 1.29 is 14.3 Å². The first-order chi connectivity index (χ1) is 12.0. The lowest BCUT2D eigenvalue weighted by Crippen LogP contribution is -2.57. The number of piperidine rings is 3. The van der Waals surface area contributed by atoms with Gasteiger partial charge in [0.05, 0.1) is 17.8 Å². The fourth-order valence-electron chi connectivity index (χ4n) is 4.16. The normalized spacial score (nSPS) is 26.4. The quantitative estimate of drug-likeness (QED) is 0.828. The summed E-state index contributed by atoms with van der Waals surface area (Å²) in [5.74, 6) is 0.724. The number of benzene rings is 1. The fourth-order valence-corrected chi connectivity index (χ4v) is 4.37. The largest absolute Gasteiger partial charge is 0.489 e. The molecular formula is C18H23Cl2N3O3. The van der Waals surface area contributed by atoms with Gasteiger partial charge in [-0.1, -0.05) is 11.6 Å². The Kier molecular flexibility index (Phi) is 5.65. The molecule has 4 heterocycles. The van der Waals surface area contributed by atoms with Crippen LogP contribution >= 0.6 is 24.0 Å². The summed E-state index contributed by atoms with van der Waals surface area (Å²) in [5, 5.41) is 3.59. The molecule has 3 saturated heterocycles. The Labute approximate surface area is 164 Å². The fraction of sp³-hybridized carbons (Fsp3) is 0.556. The SMILES string of the molecule is CC(=O)N1CCOc2c(C(=O)NC3CN4CCC3CC4)cc(Cl)cc21.Cl. The van der Waals surface area contributed by atoms with Crippen molar-refractivity contribution >= 4 is 41.5 Å². The second kappa shape index (κ2) is 7.62. The van der Waals surface area contributed by atoms with Crippen LogP contribution in [0.15, 0.2) is 12.1 Å². The van der Waals surface area contributed by atoms with Gasteiger partial charge in [-0.05, 0) is 44.0 Å². The van der Waals surface area contributed by atoms with Crippen LogP contribution in [0, 0.1) is 5.92 Å². The van der Waals surface area contributed by atoms with Gasteiger partial charge in [-0.25, -0.2) is 0 Å². The molecule has 2 amide bonds. The second-order valence-corrected chi connectivity index (χ2v) is 7.48. The number of fused-ring (bicyclic) bond motifs is 4. The minimum Gasteiger partial charge on any atom is -0.489 e. The van der Waals surface area contributed by atoms with E-state index in [-0.39, 0.29) is 30.3 Å². The standard InChI is InChI=1S/C18H22ClN3O3.ClH/c1-11(23)22-6-7-25-17-14(8-13(19)9-16(17)22)18(24)20-15-10-21-4-2-12(15)3-5-21;/h8-9,12,15H,2-7,10H2,1H3,(H,20,24);1H. The highest BCUT2D eigenvalue weighted by Crippen LogP contribution is 2.38. The van der Waals surface area contributed by atoms with E-state index in [0.29, 0.717) is 41.1 Å². The van der Waals surface area contributed by atoms with Gasteiger partial charge in [-0.3, -0.25) is 9.59 Å². The van der Waals surface area contributed by atoms with Gasteiger partial charge in [0, 0.05) is 24.5 Å². The summed E-state index contributed by atoms with van der Waals surface area (Å²) in [7, 11) is 0. The second-order valence-electron chi connectivity index (χ2n) is 7.04. The summed E-state index contributed by atoms with van der Waals surface area (Å²) in [6.45, 7) is 5.49. The van der Waals surface area contributed by atoms with Crippen molar-refractivity contribution in [3.05, 3.63) is 22.7 Å². The molecule has 1 unspecified atom stereocenters. The Morgan fingerprint density at radius 1 is 1.23 bits per heavy atom. The van der Waals surface area contributed by atoms with Crippen LogP contribution in [0.2, 0.25) is 5.02 Å². The highest BCUT2D eigenvalue weighted by Gasteiger charge is 2.36. The molecule has 26 heavy (non-hydrogen) atoms. The van der Waals surface area contributed by atoms with E-state index in [1.807, 2.05) is 0 Å². The van der Waals surface area contributed by atoms with E-state index < -0.39 is 0 Å². The molecule has 0 aliphatic carbocycles. The van der Waals surface area contributed by atoms with Crippen LogP contribution in [0.25, 0.3) is 0 Å². The number of hydrogen-bond donors (Lipinski definition) is 1. The van der Waals surface area contributed by atoms with E-state index in [4.69, 9.17) is 16.3 Å². The lowest BCUT2D eigenvalue weighted by atomic mass is 9.84. The zero-order valence-corrected chi connectivity index (χ0v) is 16.2. The number of rotatable bonds is 2. The summed E-state index contributed by atoms with van der Waals surface area (Å²) in [4.78, 5) is 28.8. The predicted octanol–water partition coefficient (Wildman–Crippen LogP) is 2.33. The van der Waals surface area contributed by atoms with Gasteiger partial charge in [-0.15, -0.1) is 12.4 Å². The maximum atomic E-state index is 12.9. The van der Waals surface area contributed by atoms with Crippen molar-refractivity contribution in [1.82, 2.24) is 10.2 Å². The molecule has 4 aliphatic heterocycles. The Morgan fingerprint density at radius 2 is 1.96 bits per heavy atom. The van der Waals surface area contributed by atoms with Crippen LogP contribution in [-0.4, -0.2) is 55.5 Å². The van der Waals surface area contributed by atoms with Crippen molar-refractivity contribution in [2.24, 2.45) is 5.92 Å². The van der Waals surface area contributed by atoms with Crippen molar-refractivity contribution in [3.8, 4) is 5.75 Å². The third kappa shape index (κ3) is 3.50. The molecule has 0 aromatic heterocycles. The smallest absolute Gasteiger partial charge is 0.255 e. The number of anilines is 1. The van der Waals surface area contributed by atoms with Gasteiger partial charge < -0.3 is 19.9 Å². The Hall–Kier alpha value is -1.50. The number of carbonyl (C=O) groups excluding carboxylic acids is 2. The Balaban J connectivity index is 0.00000196. The first-order valence-electron chi connectivity index (χ1n) is 8.80. The molecule has 1 aromatic rings. The van der Waals surface area contributed by atoms with Gasteiger partial charge in [0.25, 0.3) is 5.91 Å². The Bertz CT molecular complexity index is 720. The number of halogens is 2. The van der Waals surface area contributed by atoms with E-state index in [1.165, 1.54) is 6.92 Å². The van der Waals surface area contributed by atoms with Crippen molar-refractivity contribution in [3.63, 3.8) is 0 Å². The van der Waals surface area contributed by atoms with E-state index in [1.54, 1.807) is 17.0 Å². The van der Waals surface area contributed by atoms with Crippen molar-refractivity contribution in [1.29, 1.82) is 0 Å². The summed E-state index contributed by atoms with van der Waals surface area (Å²) in [5.41, 5.74) is 0.982. The topological polar surface area (TPSA) is 61.9 Å². The van der Waals surface area contributed by atoms with Gasteiger partial charge in [0.1, 0.15) is 6.61 Å². The molecule has 8 heteroatoms. The lowest BCUT2D eigenvalue weighted by molar-refractivity contribution is -0.116. The zero-order valence-electron chi connectivity index (χ0n) is 14.7. The average molecular weight is 400 g/mol. The van der Waals surface area contributed by atoms with Crippen LogP contribution in [0.5, 0.6) is 5.75 Å². The molecule has 0 saturated carbocycles. The molecule has 1 aromatic carbocycles. The van der Waals surface area contributed by atoms with Crippen LogP contribution in [0.4, 0.5) is 5.69 Å². The summed E-state index contributed by atoms with van der Waals surface area (Å²) >= 11 is 6.22. The summed E-state index contributed by atoms with van der Waals surface area (Å²) in [6, 6.07) is 3.47. The molecule has 1 N–H and O–H groups in total. The van der Waals surface area contributed by atoms with Crippen LogP contribution in [-0.2, 0) is 4.79 Å². The molecule has 142 valence electrons. The monoisotopic (exact) mass is 399 g/mol. The zero-order chi connectivity index (χ0) is 17.6. The van der Waals surface area contributed by atoms with E-state index in [2.05, 4.69) is 10.2 Å². The van der Waals surface area contributed by atoms with Gasteiger partial charge in [0.2, 0.25) is 5.91 Å². The molecule has 4 aliphatic rings. The minimum absolute atomic E-state index is 0. The van der Waals surface area contributed by atoms with Crippen molar-refractivity contribution in [2.75, 3.05) is 37.7 Å². The summed E-state index contributed by atoms with van der Waals surface area (Å²) in [6.07, 6.45) is 2.26. The Morgan fingerprint density at radius 3 is 2.58 bits per heavy atom. The van der Waals surface area contributed by atoms with Crippen LogP contribution < -0.4 is 15.0 Å². The van der Waals surface area contributed by atoms with Crippen molar-refractivity contribution in [2.45, 2.75) is 25.8 Å². The average Bonchev–Trinajstić information content (AvgIpc) is 2.61. The number of nitrogens with one attached hydrogen (secondary N) is 1. The molecule has 6 nitrogen and oxygen atoms in total. The maximum absolute atomic E-state index is 12.9. The molecule has 1 atom stereocenters.